The van der Waals surface area contributed by atoms with Crippen LogP contribution < -0.4 is 0 Å². The number of halogens is 1. The second-order valence-electron chi connectivity index (χ2n) is 7.41. The van der Waals surface area contributed by atoms with Crippen LogP contribution in [-0.2, 0) is 4.79 Å². The Morgan fingerprint density at radius 2 is 1.93 bits per heavy atom. The number of phenols is 1. The number of phenolic OH excluding ortho intramolecular Hbond substituents is 1. The second-order valence-corrected chi connectivity index (χ2v) is 7.82. The molecule has 3 rings (SSSR count). The molecule has 0 bridgehead atoms. The summed E-state index contributed by atoms with van der Waals surface area (Å²) in [5.41, 5.74) is 1.81. The Bertz CT molecular complexity index is 787. The third-order valence-electron chi connectivity index (χ3n) is 5.56. The van der Waals surface area contributed by atoms with Gasteiger partial charge in [-0.3, -0.25) is 4.79 Å². The summed E-state index contributed by atoms with van der Waals surface area (Å²) in [6.45, 7) is 2.03. The van der Waals surface area contributed by atoms with Crippen LogP contribution in [0.2, 0.25) is 5.02 Å². The zero-order valence-corrected chi connectivity index (χ0v) is 16.7. The molecule has 1 aliphatic rings. The lowest BCUT2D eigenvalue weighted by molar-refractivity contribution is -0.133. The Morgan fingerprint density at radius 1 is 1.22 bits per heavy atom. The topological polar surface area (TPSA) is 43.8 Å². The molecule has 144 valence electrons. The van der Waals surface area contributed by atoms with Crippen LogP contribution in [-0.4, -0.2) is 54.0 Å². The Hall–Kier alpha value is -2.04. The van der Waals surface area contributed by atoms with E-state index < -0.39 is 0 Å². The van der Waals surface area contributed by atoms with Gasteiger partial charge in [-0.05, 0) is 62.3 Å². The van der Waals surface area contributed by atoms with Crippen LogP contribution in [0.25, 0.3) is 0 Å². The minimum absolute atomic E-state index is 0.109. The van der Waals surface area contributed by atoms with Gasteiger partial charge < -0.3 is 14.9 Å². The Balaban J connectivity index is 1.83. The summed E-state index contributed by atoms with van der Waals surface area (Å²) in [5, 5.41) is 10.6. The summed E-state index contributed by atoms with van der Waals surface area (Å²) in [4.78, 5) is 17.3. The predicted octanol–water partition coefficient (Wildman–Crippen LogP) is 4.12. The van der Waals surface area contributed by atoms with Gasteiger partial charge in [0, 0.05) is 30.5 Å². The van der Waals surface area contributed by atoms with Crippen LogP contribution in [0.5, 0.6) is 5.75 Å². The lowest BCUT2D eigenvalue weighted by Gasteiger charge is -2.35. The van der Waals surface area contributed by atoms with E-state index in [0.29, 0.717) is 11.4 Å². The van der Waals surface area contributed by atoms with E-state index in [1.165, 1.54) is 0 Å². The fraction of sp³-hybridized carbons (Fsp3) is 0.409. The predicted molar refractivity (Wildman–Crippen MR) is 109 cm³/mol. The molecule has 1 amide bonds. The van der Waals surface area contributed by atoms with E-state index in [0.717, 1.165) is 37.1 Å². The molecule has 4 nitrogen and oxygen atoms in total. The molecule has 0 saturated carbocycles. The van der Waals surface area contributed by atoms with Crippen LogP contribution in [0.3, 0.4) is 0 Å². The molecule has 1 heterocycles. The quantitative estimate of drug-likeness (QED) is 0.840. The van der Waals surface area contributed by atoms with Crippen molar-refractivity contribution in [3.8, 4) is 5.75 Å². The summed E-state index contributed by atoms with van der Waals surface area (Å²) in [5.74, 6) is 0.116. The van der Waals surface area contributed by atoms with Crippen molar-refractivity contribution in [1.29, 1.82) is 0 Å². The van der Waals surface area contributed by atoms with Crippen molar-refractivity contribution in [3.63, 3.8) is 0 Å². The number of piperidine rings is 1. The molecule has 5 heteroatoms. The molecule has 1 N–H and O–H groups in total. The van der Waals surface area contributed by atoms with Crippen LogP contribution in [0, 0.1) is 0 Å². The third kappa shape index (κ3) is 4.82. The zero-order chi connectivity index (χ0) is 19.4. The third-order valence-corrected chi connectivity index (χ3v) is 5.91. The number of hydrogen-bond acceptors (Lipinski definition) is 3. The maximum absolute atomic E-state index is 13.1. The van der Waals surface area contributed by atoms with Gasteiger partial charge >= 0.3 is 0 Å². The largest absolute Gasteiger partial charge is 0.508 e. The van der Waals surface area contributed by atoms with Gasteiger partial charge in [0.1, 0.15) is 5.75 Å². The van der Waals surface area contributed by atoms with E-state index in [1.807, 2.05) is 42.3 Å². The summed E-state index contributed by atoms with van der Waals surface area (Å²) in [6, 6.07) is 15.0. The summed E-state index contributed by atoms with van der Waals surface area (Å²) in [6.07, 6.45) is 2.33. The first-order valence-electron chi connectivity index (χ1n) is 9.43. The maximum Gasteiger partial charge on any atom is 0.223 e. The Morgan fingerprint density at radius 3 is 2.59 bits per heavy atom. The first-order chi connectivity index (χ1) is 13.0. The highest BCUT2D eigenvalue weighted by molar-refractivity contribution is 6.31. The fourth-order valence-electron chi connectivity index (χ4n) is 3.81. The lowest BCUT2D eigenvalue weighted by Crippen LogP contribution is -2.44. The molecule has 1 saturated heterocycles. The van der Waals surface area contributed by atoms with E-state index in [-0.39, 0.29) is 23.6 Å². The van der Waals surface area contributed by atoms with Gasteiger partial charge in [0.25, 0.3) is 0 Å². The standard InChI is InChI=1S/C22H27ClN2O2/c1-24-12-10-17(11-13-24)25(2)22(27)15-20(16-6-5-7-18(26)14-16)19-8-3-4-9-21(19)23/h3-9,14,17,20,26H,10-13,15H2,1-2H3/t20-/m0/s1. The fourth-order valence-corrected chi connectivity index (χ4v) is 4.08. The van der Waals surface area contributed by atoms with Crippen molar-refractivity contribution in [2.75, 3.05) is 27.2 Å². The highest BCUT2D eigenvalue weighted by Crippen LogP contribution is 2.35. The smallest absolute Gasteiger partial charge is 0.223 e. The highest BCUT2D eigenvalue weighted by Gasteiger charge is 2.27. The number of hydrogen-bond donors (Lipinski definition) is 1. The second kappa shape index (κ2) is 8.77. The average Bonchev–Trinajstić information content (AvgIpc) is 2.66. The van der Waals surface area contributed by atoms with Gasteiger partial charge in [-0.25, -0.2) is 0 Å². The van der Waals surface area contributed by atoms with Gasteiger partial charge in [0.2, 0.25) is 5.91 Å². The number of rotatable bonds is 5. The van der Waals surface area contributed by atoms with Crippen LogP contribution in [0.1, 0.15) is 36.3 Å². The van der Waals surface area contributed by atoms with Gasteiger partial charge in [-0.15, -0.1) is 0 Å². The molecule has 0 spiro atoms. The van der Waals surface area contributed by atoms with E-state index in [4.69, 9.17) is 11.6 Å². The average molecular weight is 387 g/mol. The molecule has 1 atom stereocenters. The molecule has 0 aromatic heterocycles. The first kappa shape index (κ1) is 19.7. The molecular weight excluding hydrogens is 360 g/mol. The number of likely N-dealkylation sites (tertiary alicyclic amines) is 1. The SMILES string of the molecule is CN1CCC(N(C)C(=O)C[C@@H](c2cccc(O)c2)c2ccccc2Cl)CC1. The van der Waals surface area contributed by atoms with Crippen molar-refractivity contribution in [1.82, 2.24) is 9.80 Å². The van der Waals surface area contributed by atoms with Crippen molar-refractivity contribution >= 4 is 17.5 Å². The van der Waals surface area contributed by atoms with Crippen molar-refractivity contribution < 1.29 is 9.90 Å². The van der Waals surface area contributed by atoms with Gasteiger partial charge in [-0.1, -0.05) is 41.9 Å². The summed E-state index contributed by atoms with van der Waals surface area (Å²) in [7, 11) is 4.03. The highest BCUT2D eigenvalue weighted by atomic mass is 35.5. The Kier molecular flexibility index (Phi) is 6.40. The molecule has 0 unspecified atom stereocenters. The molecule has 0 aliphatic carbocycles. The molecular formula is C22H27ClN2O2. The van der Waals surface area contributed by atoms with E-state index >= 15 is 0 Å². The number of amides is 1. The monoisotopic (exact) mass is 386 g/mol. The van der Waals surface area contributed by atoms with E-state index in [2.05, 4.69) is 11.9 Å². The van der Waals surface area contributed by atoms with Gasteiger partial charge in [-0.2, -0.15) is 0 Å². The summed E-state index contributed by atoms with van der Waals surface area (Å²) < 4.78 is 0. The number of aromatic hydroxyl groups is 1. The van der Waals surface area contributed by atoms with Crippen molar-refractivity contribution in [2.24, 2.45) is 0 Å². The molecule has 27 heavy (non-hydrogen) atoms. The van der Waals surface area contributed by atoms with E-state index in [9.17, 15) is 9.90 Å². The maximum atomic E-state index is 13.1. The number of nitrogens with zero attached hydrogens (tertiary/aromatic N) is 2. The van der Waals surface area contributed by atoms with Gasteiger partial charge in [0.15, 0.2) is 0 Å². The molecule has 0 radical (unpaired) electrons. The molecule has 1 aliphatic heterocycles. The van der Waals surface area contributed by atoms with Crippen molar-refractivity contribution in [2.45, 2.75) is 31.2 Å². The molecule has 1 fully saturated rings. The number of carbonyl (C=O) groups excluding carboxylic acids is 1. The Labute approximate surface area is 166 Å². The molecule has 2 aromatic carbocycles. The minimum Gasteiger partial charge on any atom is -0.508 e. The molecule has 2 aromatic rings. The normalized spacial score (nSPS) is 16.9. The zero-order valence-electron chi connectivity index (χ0n) is 15.9. The van der Waals surface area contributed by atoms with E-state index in [1.54, 1.807) is 18.2 Å². The van der Waals surface area contributed by atoms with Crippen LogP contribution >= 0.6 is 11.6 Å². The van der Waals surface area contributed by atoms with Crippen LogP contribution in [0.15, 0.2) is 48.5 Å². The number of benzene rings is 2. The summed E-state index contributed by atoms with van der Waals surface area (Å²) >= 11 is 6.44. The minimum atomic E-state index is -0.188. The first-order valence-corrected chi connectivity index (χ1v) is 9.81. The van der Waals surface area contributed by atoms with Crippen LogP contribution in [0.4, 0.5) is 0 Å². The number of carbonyl (C=O) groups is 1. The van der Waals surface area contributed by atoms with Gasteiger partial charge in [0.05, 0.1) is 0 Å². The lowest BCUT2D eigenvalue weighted by atomic mass is 9.87. The van der Waals surface area contributed by atoms with Crippen molar-refractivity contribution in [3.05, 3.63) is 64.7 Å².